The number of hydrogen-bond donors (Lipinski definition) is 5. The highest BCUT2D eigenvalue weighted by Crippen LogP contribution is 2.30. The Morgan fingerprint density at radius 2 is 1.95 bits per heavy atom. The van der Waals surface area contributed by atoms with E-state index in [-0.39, 0.29) is 52.4 Å². The van der Waals surface area contributed by atoms with E-state index in [1.54, 1.807) is 6.07 Å². The van der Waals surface area contributed by atoms with Gasteiger partial charge < -0.3 is 35.7 Å². The summed E-state index contributed by atoms with van der Waals surface area (Å²) in [6.45, 7) is 0.827. The molecule has 0 saturated carbocycles. The van der Waals surface area contributed by atoms with Crippen molar-refractivity contribution in [1.29, 1.82) is 5.26 Å². The molecule has 0 spiro atoms. The van der Waals surface area contributed by atoms with Crippen molar-refractivity contribution in [3.05, 3.63) is 64.6 Å². The van der Waals surface area contributed by atoms with E-state index in [2.05, 4.69) is 26.3 Å². The zero-order valence-corrected chi connectivity index (χ0v) is 23.7. The average molecular weight is 616 g/mol. The van der Waals surface area contributed by atoms with Gasteiger partial charge in [-0.3, -0.25) is 14.4 Å². The molecule has 0 radical (unpaired) electrons. The molecule has 5 N–H and O–H groups in total. The van der Waals surface area contributed by atoms with Crippen LogP contribution in [-0.2, 0) is 11.8 Å². The lowest BCUT2D eigenvalue weighted by Gasteiger charge is -2.27. The van der Waals surface area contributed by atoms with Gasteiger partial charge in [-0.2, -0.15) is 9.65 Å². The number of nitriles is 1. The number of halogens is 3. The summed E-state index contributed by atoms with van der Waals surface area (Å²) < 4.78 is 35.3. The van der Waals surface area contributed by atoms with E-state index in [0.29, 0.717) is 19.5 Å². The van der Waals surface area contributed by atoms with Gasteiger partial charge in [-0.1, -0.05) is 11.6 Å². The van der Waals surface area contributed by atoms with Crippen LogP contribution in [0.5, 0.6) is 5.75 Å². The van der Waals surface area contributed by atoms with Crippen LogP contribution in [-0.4, -0.2) is 71.3 Å². The van der Waals surface area contributed by atoms with Gasteiger partial charge >= 0.3 is 0 Å². The van der Waals surface area contributed by atoms with Crippen molar-refractivity contribution in [1.82, 2.24) is 25.5 Å². The molecule has 43 heavy (non-hydrogen) atoms. The number of nitrogens with zero attached hydrogens (tertiary/aromatic N) is 3. The minimum absolute atomic E-state index is 0.0499. The predicted molar refractivity (Wildman–Crippen MR) is 151 cm³/mol. The standard InChI is InChI=1S/C28H28ClF2N7O5/c1-38-20(17-4-5-22(43-11-7-32)24(31)23(17)30)13-36-25(38)28(42)37-15-2-3-16(19(29)12-15)26(40)34-9-10-35-27(41)18-6-8-33-14-21(18)39/h2-5,12-13,18,21,33,39H,6,8-11,14H2,1H3,(H,34,40)(H,35,41)(H,37,42)/t18-,21+/m0/s1. The van der Waals surface area contributed by atoms with E-state index in [4.69, 9.17) is 21.6 Å². The van der Waals surface area contributed by atoms with Gasteiger partial charge in [-0.15, -0.1) is 0 Å². The number of amides is 3. The third-order valence-electron chi connectivity index (χ3n) is 6.77. The molecule has 2 aromatic carbocycles. The fourth-order valence-corrected chi connectivity index (χ4v) is 4.79. The monoisotopic (exact) mass is 615 g/mol. The molecule has 0 aliphatic carbocycles. The molecule has 4 rings (SSSR count). The number of benzene rings is 2. The first-order chi connectivity index (χ1) is 20.6. The van der Waals surface area contributed by atoms with Crippen molar-refractivity contribution in [2.45, 2.75) is 12.5 Å². The average Bonchev–Trinajstić information content (AvgIpc) is 3.37. The zero-order chi connectivity index (χ0) is 31.1. The lowest BCUT2D eigenvalue weighted by molar-refractivity contribution is -0.129. The Morgan fingerprint density at radius 1 is 1.19 bits per heavy atom. The summed E-state index contributed by atoms with van der Waals surface area (Å²) in [5, 5.41) is 29.5. The number of aliphatic hydroxyl groups excluding tert-OH is 1. The van der Waals surface area contributed by atoms with Crippen LogP contribution < -0.4 is 26.0 Å². The second kappa shape index (κ2) is 14.1. The van der Waals surface area contributed by atoms with Gasteiger partial charge in [0.05, 0.1) is 34.5 Å². The minimum atomic E-state index is -1.28. The number of imidazole rings is 1. The molecule has 0 unspecified atom stereocenters. The predicted octanol–water partition coefficient (Wildman–Crippen LogP) is 1.99. The van der Waals surface area contributed by atoms with Crippen molar-refractivity contribution in [3.63, 3.8) is 0 Å². The number of anilines is 1. The fourth-order valence-electron chi connectivity index (χ4n) is 4.52. The van der Waals surface area contributed by atoms with Crippen LogP contribution in [0.1, 0.15) is 27.4 Å². The summed E-state index contributed by atoms with van der Waals surface area (Å²) in [6.07, 6.45) is 0.967. The summed E-state index contributed by atoms with van der Waals surface area (Å²) in [7, 11) is 1.45. The summed E-state index contributed by atoms with van der Waals surface area (Å²) in [4.78, 5) is 41.8. The Morgan fingerprint density at radius 3 is 2.67 bits per heavy atom. The third kappa shape index (κ3) is 7.26. The van der Waals surface area contributed by atoms with E-state index in [9.17, 15) is 28.3 Å². The number of nitrogens with one attached hydrogen (secondary N) is 4. The van der Waals surface area contributed by atoms with E-state index < -0.39 is 47.8 Å². The molecule has 1 saturated heterocycles. The van der Waals surface area contributed by atoms with Gasteiger partial charge in [0, 0.05) is 37.9 Å². The molecule has 3 aromatic rings. The van der Waals surface area contributed by atoms with Gasteiger partial charge in [-0.05, 0) is 43.3 Å². The summed E-state index contributed by atoms with van der Waals surface area (Å²) in [5.41, 5.74) is 0.332. The number of carbonyl (C=O) groups is 3. The lowest BCUT2D eigenvalue weighted by atomic mass is 9.94. The SMILES string of the molecule is Cn1c(-c2ccc(OCC#N)c(F)c2F)cnc1C(=O)Nc1ccc(C(=O)NCCNC(=O)[C@H]2CCNC[C@H]2O)c(Cl)c1. The van der Waals surface area contributed by atoms with Gasteiger partial charge in [0.1, 0.15) is 6.07 Å². The number of ether oxygens (including phenoxy) is 1. The van der Waals surface area contributed by atoms with Crippen molar-refractivity contribution >= 4 is 35.0 Å². The normalized spacial score (nSPS) is 16.2. The van der Waals surface area contributed by atoms with Crippen molar-refractivity contribution in [3.8, 4) is 23.1 Å². The van der Waals surface area contributed by atoms with E-state index in [1.807, 2.05) is 0 Å². The van der Waals surface area contributed by atoms with Crippen LogP contribution in [0, 0.1) is 28.9 Å². The second-order valence-electron chi connectivity index (χ2n) is 9.57. The number of β-amino-alcohol motifs (C(OH)–C–C–N with tert-alkyl or cyclic N) is 1. The quantitative estimate of drug-likeness (QED) is 0.216. The van der Waals surface area contributed by atoms with Crippen LogP contribution in [0.15, 0.2) is 36.5 Å². The van der Waals surface area contributed by atoms with Crippen molar-refractivity contribution in [2.24, 2.45) is 13.0 Å². The molecule has 15 heteroatoms. The first-order valence-electron chi connectivity index (χ1n) is 13.2. The number of aromatic nitrogens is 2. The Labute approximate surface area is 250 Å². The Balaban J connectivity index is 1.34. The number of piperidine rings is 1. The Kier molecular flexibility index (Phi) is 10.3. The number of hydrogen-bond acceptors (Lipinski definition) is 8. The highest BCUT2D eigenvalue weighted by Gasteiger charge is 2.29. The van der Waals surface area contributed by atoms with E-state index in [1.165, 1.54) is 48.1 Å². The van der Waals surface area contributed by atoms with Crippen molar-refractivity contribution < 1.29 is 33.0 Å². The maximum Gasteiger partial charge on any atom is 0.291 e. The summed E-state index contributed by atoms with van der Waals surface area (Å²) in [6, 6.07) is 8.33. The van der Waals surface area contributed by atoms with Crippen LogP contribution >= 0.6 is 11.6 Å². The molecule has 2 heterocycles. The molecular formula is C28H28ClF2N7O5. The van der Waals surface area contributed by atoms with Crippen LogP contribution in [0.4, 0.5) is 14.5 Å². The zero-order valence-electron chi connectivity index (χ0n) is 22.9. The van der Waals surface area contributed by atoms with Gasteiger partial charge in [-0.25, -0.2) is 9.37 Å². The number of carbonyl (C=O) groups excluding carboxylic acids is 3. The highest BCUT2D eigenvalue weighted by atomic mass is 35.5. The Bertz CT molecular complexity index is 1580. The fraction of sp³-hybridized carbons (Fsp3) is 0.321. The third-order valence-corrected chi connectivity index (χ3v) is 7.09. The molecule has 1 aromatic heterocycles. The van der Waals surface area contributed by atoms with Crippen LogP contribution in [0.2, 0.25) is 5.02 Å². The largest absolute Gasteiger partial charge is 0.476 e. The first kappa shape index (κ1) is 31.4. The Hall–Kier alpha value is -4.58. The van der Waals surface area contributed by atoms with Crippen molar-refractivity contribution in [2.75, 3.05) is 38.1 Å². The summed E-state index contributed by atoms with van der Waals surface area (Å²) >= 11 is 6.29. The minimum Gasteiger partial charge on any atom is -0.476 e. The van der Waals surface area contributed by atoms with Gasteiger partial charge in [0.2, 0.25) is 11.7 Å². The number of aliphatic hydroxyl groups is 1. The summed E-state index contributed by atoms with van der Waals surface area (Å²) in [5.74, 6) is -4.99. The molecular weight excluding hydrogens is 588 g/mol. The lowest BCUT2D eigenvalue weighted by Crippen LogP contribution is -2.48. The topological polar surface area (TPSA) is 170 Å². The van der Waals surface area contributed by atoms with Gasteiger partial charge in [0.25, 0.3) is 11.8 Å². The maximum atomic E-state index is 14.7. The molecule has 0 bridgehead atoms. The van der Waals surface area contributed by atoms with Crippen LogP contribution in [0.25, 0.3) is 11.3 Å². The van der Waals surface area contributed by atoms with Crippen LogP contribution in [0.3, 0.4) is 0 Å². The molecule has 12 nitrogen and oxygen atoms in total. The molecule has 1 aliphatic heterocycles. The number of rotatable bonds is 10. The molecule has 1 fully saturated rings. The first-order valence-corrected chi connectivity index (χ1v) is 13.6. The highest BCUT2D eigenvalue weighted by molar-refractivity contribution is 6.34. The smallest absolute Gasteiger partial charge is 0.291 e. The molecule has 3 amide bonds. The van der Waals surface area contributed by atoms with E-state index >= 15 is 0 Å². The van der Waals surface area contributed by atoms with Gasteiger partial charge in [0.15, 0.2) is 24.0 Å². The molecule has 1 aliphatic rings. The molecule has 226 valence electrons. The maximum absolute atomic E-state index is 14.7. The molecule has 2 atom stereocenters. The van der Waals surface area contributed by atoms with E-state index in [0.717, 1.165) is 0 Å². The second-order valence-corrected chi connectivity index (χ2v) is 9.98.